The van der Waals surface area contributed by atoms with E-state index in [2.05, 4.69) is 28.8 Å². The molecule has 27 heavy (non-hydrogen) atoms. The number of hydrogen-bond acceptors (Lipinski definition) is 5. The molecule has 1 amide bonds. The van der Waals surface area contributed by atoms with E-state index in [9.17, 15) is 4.79 Å². The fourth-order valence-corrected chi connectivity index (χ4v) is 4.74. The van der Waals surface area contributed by atoms with Gasteiger partial charge in [0, 0.05) is 55.1 Å². The maximum Gasteiger partial charge on any atom is 0.274 e. The molecule has 0 radical (unpaired) electrons. The van der Waals surface area contributed by atoms with Gasteiger partial charge in [-0.25, -0.2) is 4.98 Å². The quantitative estimate of drug-likeness (QED) is 0.828. The molecule has 1 atom stereocenters. The lowest BCUT2D eigenvalue weighted by molar-refractivity contribution is 0.0784. The Morgan fingerprint density at radius 3 is 2.89 bits per heavy atom. The summed E-state index contributed by atoms with van der Waals surface area (Å²) >= 11 is 1.68. The average molecular weight is 388 g/mol. The Kier molecular flexibility index (Phi) is 5.59. The number of hydrogen-bond donors (Lipinski definition) is 1. The lowest BCUT2D eigenvalue weighted by Crippen LogP contribution is -2.35. The first-order chi connectivity index (χ1) is 13.1. The van der Waals surface area contributed by atoms with Crippen LogP contribution in [0.4, 0.5) is 0 Å². The Bertz CT molecular complexity index is 777. The molecule has 7 heteroatoms. The van der Waals surface area contributed by atoms with Crippen LogP contribution >= 0.6 is 11.3 Å². The molecule has 0 aromatic carbocycles. The predicted octanol–water partition coefficient (Wildman–Crippen LogP) is 2.88. The Balaban J connectivity index is 1.55. The summed E-state index contributed by atoms with van der Waals surface area (Å²) in [6.45, 7) is 7.83. The van der Waals surface area contributed by atoms with E-state index in [-0.39, 0.29) is 5.91 Å². The first kappa shape index (κ1) is 18.6. The Morgan fingerprint density at radius 1 is 1.37 bits per heavy atom. The van der Waals surface area contributed by atoms with Crippen molar-refractivity contribution in [3.05, 3.63) is 33.5 Å². The van der Waals surface area contributed by atoms with Crippen molar-refractivity contribution in [1.82, 2.24) is 25.0 Å². The van der Waals surface area contributed by atoms with Crippen LogP contribution in [-0.2, 0) is 25.9 Å². The van der Waals surface area contributed by atoms with E-state index in [1.165, 1.54) is 11.3 Å². The van der Waals surface area contributed by atoms with Gasteiger partial charge in [0.05, 0.1) is 0 Å². The molecule has 146 valence electrons. The van der Waals surface area contributed by atoms with Gasteiger partial charge in [-0.1, -0.05) is 13.8 Å². The van der Waals surface area contributed by atoms with Crippen LogP contribution < -0.4 is 5.32 Å². The summed E-state index contributed by atoms with van der Waals surface area (Å²) in [7, 11) is 0. The fourth-order valence-electron chi connectivity index (χ4n) is 4.17. The van der Waals surface area contributed by atoms with Gasteiger partial charge in [0.15, 0.2) is 5.69 Å². The molecule has 2 aromatic heterocycles. The third-order valence-electron chi connectivity index (χ3n) is 5.51. The van der Waals surface area contributed by atoms with Crippen LogP contribution in [0.3, 0.4) is 0 Å². The van der Waals surface area contributed by atoms with Crippen molar-refractivity contribution in [1.29, 1.82) is 0 Å². The number of fused-ring (bicyclic) bond motifs is 1. The molecule has 0 bridgehead atoms. The van der Waals surface area contributed by atoms with Crippen molar-refractivity contribution in [2.45, 2.75) is 65.1 Å². The number of nitrogens with zero attached hydrogens (tertiary/aromatic N) is 4. The number of likely N-dealkylation sites (tertiary alicyclic amines) is 1. The first-order valence-corrected chi connectivity index (χ1v) is 11.0. The van der Waals surface area contributed by atoms with Crippen LogP contribution in [0, 0.1) is 5.92 Å². The third kappa shape index (κ3) is 4.09. The van der Waals surface area contributed by atoms with Crippen molar-refractivity contribution in [2.75, 3.05) is 13.1 Å². The second-order valence-electron chi connectivity index (χ2n) is 8.10. The number of aromatic nitrogens is 3. The second-order valence-corrected chi connectivity index (χ2v) is 9.07. The highest BCUT2D eigenvalue weighted by atomic mass is 32.1. The molecule has 4 rings (SSSR count). The van der Waals surface area contributed by atoms with Crippen molar-refractivity contribution >= 4 is 17.2 Å². The molecule has 2 aromatic rings. The molecule has 1 aliphatic heterocycles. The largest absolute Gasteiger partial charge is 0.337 e. The molecule has 3 heterocycles. The first-order valence-electron chi connectivity index (χ1n) is 10.1. The number of thiazole rings is 1. The topological polar surface area (TPSA) is 63.1 Å². The number of amides is 1. The Morgan fingerprint density at radius 2 is 2.19 bits per heavy atom. The molecule has 1 unspecified atom stereocenters. The minimum absolute atomic E-state index is 0.131. The highest BCUT2D eigenvalue weighted by Gasteiger charge is 2.32. The second kappa shape index (κ2) is 8.10. The number of carbonyl (C=O) groups is 1. The molecule has 0 saturated carbocycles. The summed E-state index contributed by atoms with van der Waals surface area (Å²) in [5, 5.41) is 11.6. The van der Waals surface area contributed by atoms with Gasteiger partial charge in [0.1, 0.15) is 5.01 Å². The van der Waals surface area contributed by atoms with Crippen LogP contribution in [-0.4, -0.2) is 44.7 Å². The summed E-state index contributed by atoms with van der Waals surface area (Å²) in [4.78, 5) is 19.4. The van der Waals surface area contributed by atoms with Crippen molar-refractivity contribution in [3.8, 4) is 0 Å². The summed E-state index contributed by atoms with van der Waals surface area (Å²) < 4.78 is 2.11. The van der Waals surface area contributed by atoms with E-state index in [0.29, 0.717) is 17.7 Å². The van der Waals surface area contributed by atoms with Crippen LogP contribution in [0.15, 0.2) is 11.6 Å². The van der Waals surface area contributed by atoms with Gasteiger partial charge in [0.2, 0.25) is 0 Å². The molecular weight excluding hydrogens is 358 g/mol. The minimum Gasteiger partial charge on any atom is -0.337 e. The van der Waals surface area contributed by atoms with Gasteiger partial charge in [-0.05, 0) is 38.0 Å². The van der Waals surface area contributed by atoms with E-state index in [4.69, 9.17) is 5.10 Å². The molecule has 1 fully saturated rings. The van der Waals surface area contributed by atoms with Gasteiger partial charge in [0.25, 0.3) is 5.91 Å². The van der Waals surface area contributed by atoms with Gasteiger partial charge in [-0.3, -0.25) is 9.48 Å². The number of carbonyl (C=O) groups excluding carboxylic acids is 1. The molecule has 6 nitrogen and oxygen atoms in total. The SMILES string of the molecule is CC(C)Cn1nc(C(=O)N2CCCC2)c2c1CCC(NCc1nccs1)C2. The van der Waals surface area contributed by atoms with Crippen molar-refractivity contribution < 1.29 is 4.79 Å². The summed E-state index contributed by atoms with van der Waals surface area (Å²) in [5.41, 5.74) is 3.15. The highest BCUT2D eigenvalue weighted by molar-refractivity contribution is 7.09. The van der Waals surface area contributed by atoms with Crippen LogP contribution in [0.5, 0.6) is 0 Å². The summed E-state index contributed by atoms with van der Waals surface area (Å²) in [6.07, 6.45) is 7.02. The molecular formula is C20H29N5OS. The van der Waals surface area contributed by atoms with Crippen LogP contribution in [0.25, 0.3) is 0 Å². The molecule has 2 aliphatic rings. The standard InChI is InChI=1S/C20H29N5OS/c1-14(2)13-25-17-6-5-15(22-12-18-21-7-10-27-18)11-16(17)19(23-25)20(26)24-8-3-4-9-24/h7,10,14-15,22H,3-6,8-9,11-13H2,1-2H3. The highest BCUT2D eigenvalue weighted by Crippen LogP contribution is 2.27. The number of rotatable bonds is 6. The maximum atomic E-state index is 13.1. The monoisotopic (exact) mass is 387 g/mol. The number of nitrogens with one attached hydrogen (secondary N) is 1. The van der Waals surface area contributed by atoms with E-state index in [1.54, 1.807) is 11.3 Å². The normalized spacial score (nSPS) is 19.7. The van der Waals surface area contributed by atoms with Crippen molar-refractivity contribution in [2.24, 2.45) is 5.92 Å². The van der Waals surface area contributed by atoms with E-state index < -0.39 is 0 Å². The van der Waals surface area contributed by atoms with Crippen molar-refractivity contribution in [3.63, 3.8) is 0 Å². The summed E-state index contributed by atoms with van der Waals surface area (Å²) in [5.74, 6) is 0.649. The average Bonchev–Trinajstić information content (AvgIpc) is 3.40. The Labute approximate surface area is 165 Å². The maximum absolute atomic E-state index is 13.1. The minimum atomic E-state index is 0.131. The molecule has 0 spiro atoms. The van der Waals surface area contributed by atoms with Gasteiger partial charge in [-0.2, -0.15) is 5.10 Å². The summed E-state index contributed by atoms with van der Waals surface area (Å²) in [6, 6.07) is 0.378. The van der Waals surface area contributed by atoms with Gasteiger partial charge >= 0.3 is 0 Å². The molecule has 1 N–H and O–H groups in total. The van der Waals surface area contributed by atoms with Crippen LogP contribution in [0.1, 0.15) is 59.9 Å². The van der Waals surface area contributed by atoms with E-state index in [1.807, 2.05) is 16.5 Å². The molecule has 1 aliphatic carbocycles. The van der Waals surface area contributed by atoms with E-state index >= 15 is 0 Å². The van der Waals surface area contributed by atoms with Gasteiger partial charge in [-0.15, -0.1) is 11.3 Å². The lowest BCUT2D eigenvalue weighted by Gasteiger charge is -2.25. The zero-order valence-corrected chi connectivity index (χ0v) is 17.1. The smallest absolute Gasteiger partial charge is 0.274 e. The van der Waals surface area contributed by atoms with Gasteiger partial charge < -0.3 is 10.2 Å². The van der Waals surface area contributed by atoms with E-state index in [0.717, 1.165) is 63.3 Å². The lowest BCUT2D eigenvalue weighted by atomic mass is 9.91. The fraction of sp³-hybridized carbons (Fsp3) is 0.650. The zero-order chi connectivity index (χ0) is 18.8. The molecule has 1 saturated heterocycles. The third-order valence-corrected chi connectivity index (χ3v) is 6.29. The van der Waals surface area contributed by atoms with Crippen LogP contribution in [0.2, 0.25) is 0 Å². The predicted molar refractivity (Wildman–Crippen MR) is 107 cm³/mol. The Hall–Kier alpha value is -1.73. The zero-order valence-electron chi connectivity index (χ0n) is 16.3.